The molecule has 0 radical (unpaired) electrons. The number of carbonyl (C=O) groups excluding carboxylic acids is 1. The van der Waals surface area contributed by atoms with Crippen LogP contribution in [0.5, 0.6) is 0 Å². The number of methoxy groups -OCH3 is 1. The second-order valence-electron chi connectivity index (χ2n) is 4.54. The fourth-order valence-electron chi connectivity index (χ4n) is 2.17. The van der Waals surface area contributed by atoms with Gasteiger partial charge in [0.25, 0.3) is 0 Å². The third kappa shape index (κ3) is 4.73. The van der Waals surface area contributed by atoms with Crippen molar-refractivity contribution in [1.82, 2.24) is 5.32 Å². The number of unbranched alkanes of at least 4 members (excludes halogenated alkanes) is 1. The largest absolute Gasteiger partial charge is 0.481 e. The molecule has 0 aromatic rings. The van der Waals surface area contributed by atoms with E-state index in [1.165, 1.54) is 0 Å². The van der Waals surface area contributed by atoms with E-state index in [1.807, 2.05) is 0 Å². The second kappa shape index (κ2) is 7.27. The molecule has 2 N–H and O–H groups in total. The van der Waals surface area contributed by atoms with Crippen LogP contribution in [0.3, 0.4) is 0 Å². The fraction of sp³-hybridized carbons (Fsp3) is 0.833. The molecule has 0 bridgehead atoms. The van der Waals surface area contributed by atoms with Crippen LogP contribution < -0.4 is 5.32 Å². The van der Waals surface area contributed by atoms with Gasteiger partial charge in [-0.05, 0) is 32.1 Å². The second-order valence-corrected chi connectivity index (χ2v) is 4.54. The van der Waals surface area contributed by atoms with Crippen LogP contribution in [0.4, 0.5) is 0 Å². The Morgan fingerprint density at radius 2 is 2.00 bits per heavy atom. The number of hydrogen-bond acceptors (Lipinski definition) is 3. The van der Waals surface area contributed by atoms with Gasteiger partial charge in [-0.2, -0.15) is 0 Å². The smallest absolute Gasteiger partial charge is 0.306 e. The van der Waals surface area contributed by atoms with E-state index < -0.39 is 5.97 Å². The van der Waals surface area contributed by atoms with Crippen LogP contribution in [0.2, 0.25) is 0 Å². The number of amides is 1. The molecule has 0 spiro atoms. The van der Waals surface area contributed by atoms with Crippen molar-refractivity contribution in [3.05, 3.63) is 0 Å². The molecule has 5 nitrogen and oxygen atoms in total. The standard InChI is InChI=1S/C12H21NO4/c1-17-7-3-2-6-13-11(14)9-4-5-10(8-9)12(15)16/h9-10H,2-8H2,1H3,(H,13,14)(H,15,16)/t9-,10+/m1/s1. The molecule has 1 saturated carbocycles. The van der Waals surface area contributed by atoms with Gasteiger partial charge in [-0.3, -0.25) is 9.59 Å². The molecule has 0 aliphatic heterocycles. The first kappa shape index (κ1) is 14.0. The minimum Gasteiger partial charge on any atom is -0.481 e. The lowest BCUT2D eigenvalue weighted by Crippen LogP contribution is -2.30. The van der Waals surface area contributed by atoms with Crippen LogP contribution in [-0.2, 0) is 14.3 Å². The number of hydrogen-bond donors (Lipinski definition) is 2. The normalized spacial score (nSPS) is 23.6. The quantitative estimate of drug-likeness (QED) is 0.655. The van der Waals surface area contributed by atoms with Gasteiger partial charge in [0.15, 0.2) is 0 Å². The van der Waals surface area contributed by atoms with Crippen molar-refractivity contribution >= 4 is 11.9 Å². The number of carboxylic acid groups (broad SMARTS) is 1. The van der Waals surface area contributed by atoms with E-state index in [2.05, 4.69) is 5.32 Å². The predicted octanol–water partition coefficient (Wildman–Crippen LogP) is 1.03. The Hall–Kier alpha value is -1.10. The van der Waals surface area contributed by atoms with Crippen molar-refractivity contribution < 1.29 is 19.4 Å². The van der Waals surface area contributed by atoms with Crippen LogP contribution in [0.15, 0.2) is 0 Å². The van der Waals surface area contributed by atoms with E-state index in [4.69, 9.17) is 9.84 Å². The summed E-state index contributed by atoms with van der Waals surface area (Å²) in [6.45, 7) is 1.36. The summed E-state index contributed by atoms with van der Waals surface area (Å²) >= 11 is 0. The van der Waals surface area contributed by atoms with E-state index in [0.29, 0.717) is 32.4 Å². The predicted molar refractivity (Wildman–Crippen MR) is 62.6 cm³/mol. The van der Waals surface area contributed by atoms with Crippen molar-refractivity contribution in [3.63, 3.8) is 0 Å². The summed E-state index contributed by atoms with van der Waals surface area (Å²) < 4.78 is 4.91. The zero-order chi connectivity index (χ0) is 12.7. The van der Waals surface area contributed by atoms with Gasteiger partial charge in [0, 0.05) is 26.2 Å². The maximum atomic E-state index is 11.7. The summed E-state index contributed by atoms with van der Waals surface area (Å²) in [7, 11) is 1.66. The van der Waals surface area contributed by atoms with Crippen LogP contribution >= 0.6 is 0 Å². The number of ether oxygens (including phenoxy) is 1. The van der Waals surface area contributed by atoms with E-state index in [-0.39, 0.29) is 17.7 Å². The monoisotopic (exact) mass is 243 g/mol. The molecule has 98 valence electrons. The van der Waals surface area contributed by atoms with E-state index >= 15 is 0 Å². The van der Waals surface area contributed by atoms with Gasteiger partial charge in [-0.15, -0.1) is 0 Å². The highest BCUT2D eigenvalue weighted by Crippen LogP contribution is 2.30. The summed E-state index contributed by atoms with van der Waals surface area (Å²) in [6.07, 6.45) is 3.63. The minimum atomic E-state index is -0.777. The average Bonchev–Trinajstić information content (AvgIpc) is 2.78. The molecule has 2 atom stereocenters. The SMILES string of the molecule is COCCCCNC(=O)[C@@H]1CC[C@H](C(=O)O)C1. The van der Waals surface area contributed by atoms with Gasteiger partial charge in [-0.1, -0.05) is 0 Å². The molecule has 0 aromatic carbocycles. The van der Waals surface area contributed by atoms with Crippen molar-refractivity contribution in [1.29, 1.82) is 0 Å². The molecule has 1 aliphatic rings. The van der Waals surface area contributed by atoms with Crippen molar-refractivity contribution in [3.8, 4) is 0 Å². The lowest BCUT2D eigenvalue weighted by atomic mass is 10.0. The number of carboxylic acids is 1. The van der Waals surface area contributed by atoms with E-state index in [0.717, 1.165) is 12.8 Å². The van der Waals surface area contributed by atoms with Gasteiger partial charge >= 0.3 is 5.97 Å². The Kier molecular flexibility index (Phi) is 5.97. The van der Waals surface area contributed by atoms with Gasteiger partial charge in [0.05, 0.1) is 5.92 Å². The highest BCUT2D eigenvalue weighted by Gasteiger charge is 2.33. The van der Waals surface area contributed by atoms with Crippen LogP contribution in [0.25, 0.3) is 0 Å². The van der Waals surface area contributed by atoms with Gasteiger partial charge in [-0.25, -0.2) is 0 Å². The Morgan fingerprint density at radius 3 is 2.59 bits per heavy atom. The lowest BCUT2D eigenvalue weighted by Gasteiger charge is -2.10. The molecule has 0 unspecified atom stereocenters. The summed E-state index contributed by atoms with van der Waals surface area (Å²) in [6, 6.07) is 0. The Labute approximate surface area is 102 Å². The first-order chi connectivity index (χ1) is 8.15. The van der Waals surface area contributed by atoms with Crippen molar-refractivity contribution in [2.45, 2.75) is 32.1 Å². The Morgan fingerprint density at radius 1 is 1.29 bits per heavy atom. The molecular formula is C12H21NO4. The zero-order valence-corrected chi connectivity index (χ0v) is 10.3. The highest BCUT2D eigenvalue weighted by atomic mass is 16.5. The van der Waals surface area contributed by atoms with Gasteiger partial charge in [0.2, 0.25) is 5.91 Å². The molecule has 1 rings (SSSR count). The average molecular weight is 243 g/mol. The molecule has 5 heteroatoms. The molecular weight excluding hydrogens is 222 g/mol. The summed E-state index contributed by atoms with van der Waals surface area (Å²) in [5, 5.41) is 11.7. The number of rotatable bonds is 7. The Balaban J connectivity index is 2.14. The lowest BCUT2D eigenvalue weighted by molar-refractivity contribution is -0.141. The minimum absolute atomic E-state index is 0.00571. The first-order valence-electron chi connectivity index (χ1n) is 6.14. The highest BCUT2D eigenvalue weighted by molar-refractivity contribution is 5.80. The number of carbonyl (C=O) groups is 2. The summed E-state index contributed by atoms with van der Waals surface area (Å²) in [4.78, 5) is 22.5. The first-order valence-corrected chi connectivity index (χ1v) is 6.14. The van der Waals surface area contributed by atoms with E-state index in [9.17, 15) is 9.59 Å². The zero-order valence-electron chi connectivity index (χ0n) is 10.3. The van der Waals surface area contributed by atoms with Gasteiger partial charge < -0.3 is 15.2 Å². The molecule has 0 heterocycles. The van der Waals surface area contributed by atoms with Crippen molar-refractivity contribution in [2.24, 2.45) is 11.8 Å². The summed E-state index contributed by atoms with van der Waals surface area (Å²) in [5.74, 6) is -1.22. The topological polar surface area (TPSA) is 75.6 Å². The third-order valence-corrected chi connectivity index (χ3v) is 3.23. The Bertz CT molecular complexity index is 267. The van der Waals surface area contributed by atoms with Crippen LogP contribution in [-0.4, -0.2) is 37.2 Å². The maximum Gasteiger partial charge on any atom is 0.306 e. The fourth-order valence-corrected chi connectivity index (χ4v) is 2.17. The molecule has 1 aliphatic carbocycles. The van der Waals surface area contributed by atoms with Crippen LogP contribution in [0, 0.1) is 11.8 Å². The number of nitrogens with one attached hydrogen (secondary N) is 1. The maximum absolute atomic E-state index is 11.7. The molecule has 17 heavy (non-hydrogen) atoms. The van der Waals surface area contributed by atoms with Crippen molar-refractivity contribution in [2.75, 3.05) is 20.3 Å². The third-order valence-electron chi connectivity index (χ3n) is 3.23. The summed E-state index contributed by atoms with van der Waals surface area (Å²) in [5.41, 5.74) is 0. The number of aliphatic carboxylic acids is 1. The van der Waals surface area contributed by atoms with Crippen LogP contribution in [0.1, 0.15) is 32.1 Å². The van der Waals surface area contributed by atoms with E-state index in [1.54, 1.807) is 7.11 Å². The molecule has 0 aromatic heterocycles. The molecule has 1 fully saturated rings. The van der Waals surface area contributed by atoms with Gasteiger partial charge in [0.1, 0.15) is 0 Å². The molecule has 1 amide bonds. The molecule has 0 saturated heterocycles.